The van der Waals surface area contributed by atoms with Gasteiger partial charge < -0.3 is 31.2 Å². The molecule has 1 saturated heterocycles. The number of aryl methyl sites for hydroxylation is 1. The molecule has 0 aliphatic carbocycles. The lowest BCUT2D eigenvalue weighted by atomic mass is 10.1. The van der Waals surface area contributed by atoms with Gasteiger partial charge >= 0.3 is 0 Å². The van der Waals surface area contributed by atoms with Gasteiger partial charge in [-0.15, -0.1) is 0 Å². The number of aromatic amines is 1. The predicted octanol–water partition coefficient (Wildman–Crippen LogP) is 0.214. The second-order valence-corrected chi connectivity index (χ2v) is 8.27. The number of rotatable bonds is 7. The van der Waals surface area contributed by atoms with Crippen LogP contribution in [0.25, 0.3) is 10.9 Å². The molecule has 4 rings (SSSR count). The molecule has 2 aliphatic heterocycles. The van der Waals surface area contributed by atoms with E-state index in [2.05, 4.69) is 54.6 Å². The van der Waals surface area contributed by atoms with Crippen LogP contribution in [0.1, 0.15) is 18.4 Å². The summed E-state index contributed by atoms with van der Waals surface area (Å²) in [5, 5.41) is 7.54. The summed E-state index contributed by atoms with van der Waals surface area (Å²) in [6.07, 6.45) is 4.45. The molecule has 0 radical (unpaired) electrons. The highest BCUT2D eigenvalue weighted by Crippen LogP contribution is 2.21. The Hall–Kier alpha value is -2.62. The number of nitrogens with zero attached hydrogens (tertiary/aromatic N) is 4. The van der Waals surface area contributed by atoms with E-state index in [-0.39, 0.29) is 0 Å². The second kappa shape index (κ2) is 9.03. The number of hydrogen-bond donors (Lipinski definition) is 5. The molecule has 9 heteroatoms. The first kappa shape index (κ1) is 20.6. The van der Waals surface area contributed by atoms with Crippen molar-refractivity contribution in [3.05, 3.63) is 36.0 Å². The third-order valence-corrected chi connectivity index (χ3v) is 5.86. The van der Waals surface area contributed by atoms with Crippen LogP contribution in [0.5, 0.6) is 0 Å². The van der Waals surface area contributed by atoms with E-state index in [0.29, 0.717) is 18.3 Å². The maximum absolute atomic E-state index is 6.51. The normalized spacial score (nSPS) is 23.1. The van der Waals surface area contributed by atoms with Crippen LogP contribution in [0.2, 0.25) is 0 Å². The molecule has 1 atom stereocenters. The van der Waals surface area contributed by atoms with Gasteiger partial charge in [0, 0.05) is 56.2 Å². The molecule has 7 N–H and O–H groups in total. The molecule has 2 aromatic rings. The SMILES string of the molecule is CN1CCN(CCCNC2=NC(N)(CCc3c[nH]c4ccccc34)NC(N)=N2)CC1. The molecule has 0 amide bonds. The summed E-state index contributed by atoms with van der Waals surface area (Å²) in [6.45, 7) is 6.40. The molecule has 0 bridgehead atoms. The Balaban J connectivity index is 1.29. The van der Waals surface area contributed by atoms with Crippen molar-refractivity contribution in [3.63, 3.8) is 0 Å². The Morgan fingerprint density at radius 2 is 2.00 bits per heavy atom. The molecule has 162 valence electrons. The van der Waals surface area contributed by atoms with Crippen LogP contribution in [-0.4, -0.2) is 78.8 Å². The number of benzene rings is 1. The fourth-order valence-electron chi connectivity index (χ4n) is 4.04. The van der Waals surface area contributed by atoms with Crippen molar-refractivity contribution in [1.82, 2.24) is 25.4 Å². The smallest absolute Gasteiger partial charge is 0.224 e. The van der Waals surface area contributed by atoms with Crippen LogP contribution in [0, 0.1) is 0 Å². The number of hydrogen-bond acceptors (Lipinski definition) is 8. The minimum absolute atomic E-state index is 0.299. The molecule has 1 fully saturated rings. The number of likely N-dealkylation sites (N-methyl/N-ethyl adjacent to an activating group) is 1. The summed E-state index contributed by atoms with van der Waals surface area (Å²) in [4.78, 5) is 17.1. The number of aliphatic imine (C=N–C) groups is 2. The maximum atomic E-state index is 6.51. The molecule has 9 nitrogen and oxygen atoms in total. The van der Waals surface area contributed by atoms with E-state index in [1.165, 1.54) is 10.9 Å². The van der Waals surface area contributed by atoms with E-state index in [1.807, 2.05) is 18.3 Å². The minimum Gasteiger partial charge on any atom is -0.369 e. The van der Waals surface area contributed by atoms with Crippen LogP contribution < -0.4 is 22.1 Å². The van der Waals surface area contributed by atoms with Crippen LogP contribution >= 0.6 is 0 Å². The Bertz CT molecular complexity index is 910. The first-order valence-electron chi connectivity index (χ1n) is 10.7. The third kappa shape index (κ3) is 5.10. The van der Waals surface area contributed by atoms with Crippen molar-refractivity contribution in [2.45, 2.75) is 25.0 Å². The number of fused-ring (bicyclic) bond motifs is 1. The number of nitrogens with two attached hydrogens (primary N) is 2. The topological polar surface area (TPSA) is 123 Å². The molecular formula is C21H33N9. The lowest BCUT2D eigenvalue weighted by molar-refractivity contribution is 0.153. The molecule has 3 heterocycles. The average molecular weight is 412 g/mol. The van der Waals surface area contributed by atoms with Gasteiger partial charge in [0.25, 0.3) is 0 Å². The molecule has 1 aromatic heterocycles. The van der Waals surface area contributed by atoms with Gasteiger partial charge in [0.15, 0.2) is 11.7 Å². The molecule has 1 aromatic carbocycles. The van der Waals surface area contributed by atoms with Crippen LogP contribution in [0.4, 0.5) is 0 Å². The van der Waals surface area contributed by atoms with Crippen LogP contribution in [0.15, 0.2) is 40.4 Å². The summed E-state index contributed by atoms with van der Waals surface area (Å²) in [5.74, 6) is -0.164. The van der Waals surface area contributed by atoms with Crippen molar-refractivity contribution in [2.75, 3.05) is 46.3 Å². The number of guanidine groups is 2. The predicted molar refractivity (Wildman–Crippen MR) is 122 cm³/mol. The van der Waals surface area contributed by atoms with E-state index in [0.717, 1.165) is 57.6 Å². The van der Waals surface area contributed by atoms with Gasteiger partial charge in [-0.05, 0) is 38.1 Å². The Labute approximate surface area is 177 Å². The third-order valence-electron chi connectivity index (χ3n) is 5.86. The highest BCUT2D eigenvalue weighted by Gasteiger charge is 2.29. The molecule has 1 unspecified atom stereocenters. The number of piperazine rings is 1. The van der Waals surface area contributed by atoms with Gasteiger partial charge in [0.2, 0.25) is 5.96 Å². The largest absolute Gasteiger partial charge is 0.369 e. The number of nitrogens with one attached hydrogen (secondary N) is 3. The molecular weight excluding hydrogens is 378 g/mol. The fraction of sp³-hybridized carbons (Fsp3) is 0.524. The zero-order valence-electron chi connectivity index (χ0n) is 17.7. The summed E-state index contributed by atoms with van der Waals surface area (Å²) >= 11 is 0. The number of para-hydroxylation sites is 1. The Morgan fingerprint density at radius 1 is 1.20 bits per heavy atom. The van der Waals surface area contributed by atoms with Crippen LogP contribution in [-0.2, 0) is 6.42 Å². The quantitative estimate of drug-likeness (QED) is 0.415. The van der Waals surface area contributed by atoms with Gasteiger partial charge in [-0.1, -0.05) is 18.2 Å². The fourth-order valence-corrected chi connectivity index (χ4v) is 4.04. The number of aromatic nitrogens is 1. The first-order chi connectivity index (χ1) is 14.5. The van der Waals surface area contributed by atoms with Gasteiger partial charge in [-0.2, -0.15) is 4.99 Å². The van der Waals surface area contributed by atoms with Crippen molar-refractivity contribution in [2.24, 2.45) is 21.5 Å². The molecule has 0 saturated carbocycles. The van der Waals surface area contributed by atoms with Gasteiger partial charge in [0.05, 0.1) is 0 Å². The van der Waals surface area contributed by atoms with E-state index in [1.54, 1.807) is 0 Å². The minimum atomic E-state index is -0.968. The monoisotopic (exact) mass is 411 g/mol. The standard InChI is InChI=1S/C21H33N9/c1-29-11-13-30(14-12-29)10-4-9-24-20-26-19(22)27-21(23,28-20)8-7-16-15-25-18-6-3-2-5-17(16)18/h2-3,5-6,15,25H,4,7-14,23H2,1H3,(H4,22,24,26,27,28). The van der Waals surface area contributed by atoms with E-state index >= 15 is 0 Å². The summed E-state index contributed by atoms with van der Waals surface area (Å²) in [5.41, 5.74) is 14.9. The molecule has 0 spiro atoms. The summed E-state index contributed by atoms with van der Waals surface area (Å²) in [7, 11) is 2.17. The average Bonchev–Trinajstić information content (AvgIpc) is 3.14. The highest BCUT2D eigenvalue weighted by atomic mass is 15.4. The second-order valence-electron chi connectivity index (χ2n) is 8.27. The van der Waals surface area contributed by atoms with Gasteiger partial charge in [0.1, 0.15) is 0 Å². The van der Waals surface area contributed by atoms with Crippen molar-refractivity contribution >= 4 is 22.8 Å². The maximum Gasteiger partial charge on any atom is 0.224 e. The van der Waals surface area contributed by atoms with E-state index in [4.69, 9.17) is 11.5 Å². The van der Waals surface area contributed by atoms with E-state index < -0.39 is 5.79 Å². The molecule has 2 aliphatic rings. The highest BCUT2D eigenvalue weighted by molar-refractivity contribution is 5.96. The zero-order valence-corrected chi connectivity index (χ0v) is 17.7. The van der Waals surface area contributed by atoms with Gasteiger partial charge in [-0.25, -0.2) is 4.99 Å². The van der Waals surface area contributed by atoms with Gasteiger partial charge in [-0.3, -0.25) is 5.73 Å². The number of H-pyrrole nitrogens is 1. The Kier molecular flexibility index (Phi) is 6.21. The zero-order chi connectivity index (χ0) is 21.0. The summed E-state index contributed by atoms with van der Waals surface area (Å²) in [6, 6.07) is 8.26. The lowest BCUT2D eigenvalue weighted by Crippen LogP contribution is -2.60. The summed E-state index contributed by atoms with van der Waals surface area (Å²) < 4.78 is 0. The first-order valence-corrected chi connectivity index (χ1v) is 10.7. The lowest BCUT2D eigenvalue weighted by Gasteiger charge is -2.32. The van der Waals surface area contributed by atoms with Crippen molar-refractivity contribution < 1.29 is 0 Å². The molecule has 30 heavy (non-hydrogen) atoms. The van der Waals surface area contributed by atoms with E-state index in [9.17, 15) is 0 Å². The Morgan fingerprint density at radius 3 is 2.83 bits per heavy atom. The van der Waals surface area contributed by atoms with Crippen molar-refractivity contribution in [1.29, 1.82) is 0 Å². The van der Waals surface area contributed by atoms with Crippen molar-refractivity contribution in [3.8, 4) is 0 Å². The van der Waals surface area contributed by atoms with Crippen LogP contribution in [0.3, 0.4) is 0 Å².